The summed E-state index contributed by atoms with van der Waals surface area (Å²) >= 11 is 0. The summed E-state index contributed by atoms with van der Waals surface area (Å²) in [7, 11) is 0. The first-order chi connectivity index (χ1) is 12.6. The number of nitrogens with zero attached hydrogens (tertiary/aromatic N) is 2. The third-order valence-electron chi connectivity index (χ3n) is 5.79. The van der Waals surface area contributed by atoms with Crippen molar-refractivity contribution in [3.63, 3.8) is 0 Å². The zero-order chi connectivity index (χ0) is 18.1. The highest BCUT2D eigenvalue weighted by atomic mass is 16.3. The van der Waals surface area contributed by atoms with Gasteiger partial charge in [0.2, 0.25) is 0 Å². The molecule has 2 heterocycles. The van der Waals surface area contributed by atoms with E-state index in [9.17, 15) is 9.90 Å². The number of aromatic amines is 1. The van der Waals surface area contributed by atoms with Crippen LogP contribution < -0.4 is 5.56 Å². The van der Waals surface area contributed by atoms with Gasteiger partial charge in [-0.05, 0) is 25.8 Å². The van der Waals surface area contributed by atoms with Gasteiger partial charge < -0.3 is 10.1 Å². The smallest absolute Gasteiger partial charge is 0.255 e. The minimum absolute atomic E-state index is 0.0220. The fourth-order valence-corrected chi connectivity index (χ4v) is 4.29. The van der Waals surface area contributed by atoms with Crippen molar-refractivity contribution < 1.29 is 5.11 Å². The van der Waals surface area contributed by atoms with Gasteiger partial charge >= 0.3 is 0 Å². The molecule has 0 spiro atoms. The molecule has 5 heteroatoms. The van der Waals surface area contributed by atoms with Crippen molar-refractivity contribution in [3.8, 4) is 5.75 Å². The third kappa shape index (κ3) is 3.54. The molecule has 1 saturated carbocycles. The number of nitrogens with one attached hydrogen (secondary N) is 1. The van der Waals surface area contributed by atoms with Crippen LogP contribution >= 0.6 is 0 Å². The van der Waals surface area contributed by atoms with Crippen LogP contribution in [0.2, 0.25) is 0 Å². The number of fused-ring (bicyclic) bond motifs is 1. The molecule has 0 radical (unpaired) electrons. The molecule has 0 bridgehead atoms. The number of phenolic OH excluding ortho intramolecular Hbond substituents is 1. The lowest BCUT2D eigenvalue weighted by molar-refractivity contribution is 0.238. The van der Waals surface area contributed by atoms with Gasteiger partial charge in [-0.2, -0.15) is 0 Å². The Morgan fingerprint density at radius 3 is 2.88 bits per heavy atom. The SMILES string of the molecule is Cc1ccc(O)c(CN2CCc3nc(C4CCCCC4)[nH]c(=O)c3C2)c1. The molecule has 0 atom stereocenters. The van der Waals surface area contributed by atoms with E-state index in [-0.39, 0.29) is 5.56 Å². The molecule has 138 valence electrons. The van der Waals surface area contributed by atoms with Crippen molar-refractivity contribution in [1.29, 1.82) is 0 Å². The molecule has 5 nitrogen and oxygen atoms in total. The maximum atomic E-state index is 12.7. The Labute approximate surface area is 154 Å². The van der Waals surface area contributed by atoms with Crippen molar-refractivity contribution in [2.24, 2.45) is 0 Å². The Bertz CT molecular complexity index is 853. The molecule has 4 rings (SSSR count). The maximum Gasteiger partial charge on any atom is 0.255 e. The van der Waals surface area contributed by atoms with E-state index in [2.05, 4.69) is 9.88 Å². The number of aromatic hydroxyl groups is 1. The second-order valence-corrected chi connectivity index (χ2v) is 7.80. The lowest BCUT2D eigenvalue weighted by Gasteiger charge is -2.29. The van der Waals surface area contributed by atoms with Gasteiger partial charge in [0.15, 0.2) is 0 Å². The van der Waals surface area contributed by atoms with Crippen molar-refractivity contribution in [2.45, 2.75) is 64.5 Å². The van der Waals surface area contributed by atoms with Crippen LogP contribution in [0.1, 0.15) is 66.2 Å². The van der Waals surface area contributed by atoms with Gasteiger partial charge in [-0.15, -0.1) is 0 Å². The highest BCUT2D eigenvalue weighted by Crippen LogP contribution is 2.31. The summed E-state index contributed by atoms with van der Waals surface area (Å²) in [4.78, 5) is 22.8. The molecule has 1 aliphatic carbocycles. The molecule has 0 unspecified atom stereocenters. The van der Waals surface area contributed by atoms with Crippen LogP contribution in [0.15, 0.2) is 23.0 Å². The summed E-state index contributed by atoms with van der Waals surface area (Å²) < 4.78 is 0. The van der Waals surface area contributed by atoms with Crippen LogP contribution in [0.4, 0.5) is 0 Å². The van der Waals surface area contributed by atoms with E-state index in [1.165, 1.54) is 19.3 Å². The summed E-state index contributed by atoms with van der Waals surface area (Å²) in [6.07, 6.45) is 6.84. The highest BCUT2D eigenvalue weighted by molar-refractivity contribution is 5.36. The second-order valence-electron chi connectivity index (χ2n) is 7.80. The molecule has 1 aromatic heterocycles. The zero-order valence-electron chi connectivity index (χ0n) is 15.4. The van der Waals surface area contributed by atoms with Gasteiger partial charge in [0.05, 0.1) is 11.3 Å². The molecule has 2 N–H and O–H groups in total. The number of aromatic nitrogens is 2. The van der Waals surface area contributed by atoms with E-state index in [0.29, 0.717) is 24.8 Å². The fraction of sp³-hybridized carbons (Fsp3) is 0.524. The Balaban J connectivity index is 1.53. The van der Waals surface area contributed by atoms with Gasteiger partial charge in [0, 0.05) is 37.5 Å². The van der Waals surface area contributed by atoms with Crippen LogP contribution in [0.5, 0.6) is 5.75 Å². The average Bonchev–Trinajstić information content (AvgIpc) is 2.66. The lowest BCUT2D eigenvalue weighted by atomic mass is 9.88. The summed E-state index contributed by atoms with van der Waals surface area (Å²) in [6, 6.07) is 5.67. The fourth-order valence-electron chi connectivity index (χ4n) is 4.29. The minimum atomic E-state index is 0.0220. The van der Waals surface area contributed by atoms with Gasteiger partial charge in [-0.25, -0.2) is 4.98 Å². The number of H-pyrrole nitrogens is 1. The van der Waals surface area contributed by atoms with Crippen LogP contribution in [-0.4, -0.2) is 26.5 Å². The first kappa shape index (κ1) is 17.3. The van der Waals surface area contributed by atoms with E-state index >= 15 is 0 Å². The topological polar surface area (TPSA) is 69.2 Å². The predicted octanol–water partition coefficient (Wildman–Crippen LogP) is 3.39. The van der Waals surface area contributed by atoms with E-state index in [4.69, 9.17) is 4.98 Å². The molecule has 1 fully saturated rings. The third-order valence-corrected chi connectivity index (χ3v) is 5.79. The summed E-state index contributed by atoms with van der Waals surface area (Å²) in [5.74, 6) is 1.64. The number of hydrogen-bond acceptors (Lipinski definition) is 4. The van der Waals surface area contributed by atoms with Crippen molar-refractivity contribution in [2.75, 3.05) is 6.54 Å². The van der Waals surface area contributed by atoms with E-state index in [1.54, 1.807) is 6.07 Å². The van der Waals surface area contributed by atoms with Crippen molar-refractivity contribution in [1.82, 2.24) is 14.9 Å². The molecular weight excluding hydrogens is 326 g/mol. The lowest BCUT2D eigenvalue weighted by Crippen LogP contribution is -2.36. The second kappa shape index (κ2) is 7.23. The summed E-state index contributed by atoms with van der Waals surface area (Å²) in [5, 5.41) is 10.1. The summed E-state index contributed by atoms with van der Waals surface area (Å²) in [5.41, 5.74) is 3.83. The van der Waals surface area contributed by atoms with Gasteiger partial charge in [0.25, 0.3) is 5.56 Å². The number of hydrogen-bond donors (Lipinski definition) is 2. The van der Waals surface area contributed by atoms with Crippen LogP contribution in [0.3, 0.4) is 0 Å². The van der Waals surface area contributed by atoms with Crippen molar-refractivity contribution in [3.05, 3.63) is 56.8 Å². The molecule has 0 amide bonds. The molecule has 2 aliphatic rings. The zero-order valence-corrected chi connectivity index (χ0v) is 15.4. The van der Waals surface area contributed by atoms with E-state index in [0.717, 1.165) is 54.0 Å². The quantitative estimate of drug-likeness (QED) is 0.887. The molecule has 26 heavy (non-hydrogen) atoms. The molecule has 1 aromatic carbocycles. The number of benzene rings is 1. The Kier molecular flexibility index (Phi) is 4.81. The average molecular weight is 353 g/mol. The van der Waals surface area contributed by atoms with E-state index in [1.807, 2.05) is 19.1 Å². The van der Waals surface area contributed by atoms with Crippen molar-refractivity contribution >= 4 is 0 Å². The summed E-state index contributed by atoms with van der Waals surface area (Å²) in [6.45, 7) is 4.13. The maximum absolute atomic E-state index is 12.7. The molecule has 2 aromatic rings. The first-order valence-electron chi connectivity index (χ1n) is 9.73. The highest BCUT2D eigenvalue weighted by Gasteiger charge is 2.24. The molecule has 1 aliphatic heterocycles. The van der Waals surface area contributed by atoms with E-state index < -0.39 is 0 Å². The molecule has 0 saturated heterocycles. The monoisotopic (exact) mass is 353 g/mol. The largest absolute Gasteiger partial charge is 0.508 e. The van der Waals surface area contributed by atoms with Crippen LogP contribution in [0.25, 0.3) is 0 Å². The van der Waals surface area contributed by atoms with Gasteiger partial charge in [0.1, 0.15) is 11.6 Å². The first-order valence-corrected chi connectivity index (χ1v) is 9.73. The Hall–Kier alpha value is -2.14. The van der Waals surface area contributed by atoms with Crippen LogP contribution in [-0.2, 0) is 19.5 Å². The normalized spacial score (nSPS) is 18.7. The van der Waals surface area contributed by atoms with Crippen LogP contribution in [0, 0.1) is 6.92 Å². The number of rotatable bonds is 3. The predicted molar refractivity (Wildman–Crippen MR) is 101 cm³/mol. The number of aryl methyl sites for hydroxylation is 1. The Morgan fingerprint density at radius 2 is 2.08 bits per heavy atom. The number of phenols is 1. The van der Waals surface area contributed by atoms with Gasteiger partial charge in [-0.1, -0.05) is 37.0 Å². The van der Waals surface area contributed by atoms with Gasteiger partial charge in [-0.3, -0.25) is 9.69 Å². The minimum Gasteiger partial charge on any atom is -0.508 e. The standard InChI is InChI=1S/C21H27N3O2/c1-14-7-8-19(25)16(11-14)12-24-10-9-18-17(13-24)21(26)23-20(22-18)15-5-3-2-4-6-15/h7-8,11,15,25H,2-6,9-10,12-13H2,1H3,(H,22,23,26). The molecular formula is C21H27N3O2. The Morgan fingerprint density at radius 1 is 1.27 bits per heavy atom.